The summed E-state index contributed by atoms with van der Waals surface area (Å²) in [6.45, 7) is 9.65. The summed E-state index contributed by atoms with van der Waals surface area (Å²) in [5, 5.41) is 19.6. The number of hydrogen-bond donors (Lipinski definition) is 2. The van der Waals surface area contributed by atoms with E-state index in [0.717, 1.165) is 28.3 Å². The third kappa shape index (κ3) is 3.71. The van der Waals surface area contributed by atoms with Crippen LogP contribution in [0.3, 0.4) is 0 Å². The van der Waals surface area contributed by atoms with Crippen molar-refractivity contribution in [2.24, 2.45) is 0 Å². The number of ether oxygens (including phenoxy) is 1. The van der Waals surface area contributed by atoms with Crippen LogP contribution in [0.5, 0.6) is 0 Å². The van der Waals surface area contributed by atoms with E-state index in [4.69, 9.17) is 14.0 Å². The molecule has 0 unspecified atom stereocenters. The molecule has 1 saturated heterocycles. The number of halogens is 1. The molecule has 2 heterocycles. The molecule has 0 atom stereocenters. The molecule has 0 amide bonds. The molecule has 5 rings (SSSR count). The largest absolute Gasteiger partial charge is 0.494 e. The summed E-state index contributed by atoms with van der Waals surface area (Å²) in [5.41, 5.74) is 7.24. The van der Waals surface area contributed by atoms with Crippen molar-refractivity contribution in [3.63, 3.8) is 0 Å². The van der Waals surface area contributed by atoms with Gasteiger partial charge in [-0.05, 0) is 104 Å². The summed E-state index contributed by atoms with van der Waals surface area (Å²) in [5.74, 6) is 0. The number of rotatable bonds is 7. The third-order valence-corrected chi connectivity index (χ3v) is 8.73. The van der Waals surface area contributed by atoms with Crippen molar-refractivity contribution >= 4 is 28.5 Å². The van der Waals surface area contributed by atoms with Gasteiger partial charge >= 0.3 is 7.12 Å². The maximum Gasteiger partial charge on any atom is 0.494 e. The van der Waals surface area contributed by atoms with Crippen LogP contribution < -0.4 is 5.46 Å². The highest BCUT2D eigenvalue weighted by Crippen LogP contribution is 2.57. The van der Waals surface area contributed by atoms with Crippen LogP contribution in [0.15, 0.2) is 28.7 Å². The van der Waals surface area contributed by atoms with Gasteiger partial charge in [0.25, 0.3) is 0 Å². The quantitative estimate of drug-likeness (QED) is 0.514. The van der Waals surface area contributed by atoms with Gasteiger partial charge in [-0.1, -0.05) is 28.1 Å². The first-order chi connectivity index (χ1) is 16.1. The predicted octanol–water partition coefficient (Wildman–Crippen LogP) is 4.59. The summed E-state index contributed by atoms with van der Waals surface area (Å²) in [4.78, 5) is 0. The third-order valence-electron chi connectivity index (χ3n) is 8.27. The van der Waals surface area contributed by atoms with Gasteiger partial charge in [-0.25, -0.2) is 0 Å². The minimum Gasteiger partial charge on any atom is -0.399 e. The summed E-state index contributed by atoms with van der Waals surface area (Å²) >= 11 is 3.73. The fourth-order valence-corrected chi connectivity index (χ4v) is 6.42. The van der Waals surface area contributed by atoms with Crippen LogP contribution in [0.2, 0.25) is 0 Å². The summed E-state index contributed by atoms with van der Waals surface area (Å²) in [6, 6.07) is 8.85. The van der Waals surface area contributed by atoms with Gasteiger partial charge in [-0.2, -0.15) is 0 Å². The molecule has 1 aliphatic carbocycles. The molecule has 0 saturated carbocycles. The molecule has 2 aromatic rings. The maximum absolute atomic E-state index is 9.81. The second kappa shape index (κ2) is 8.72. The lowest BCUT2D eigenvalue weighted by molar-refractivity contribution is 0.00578. The molecule has 1 fully saturated rings. The molecule has 5 nitrogen and oxygen atoms in total. The summed E-state index contributed by atoms with van der Waals surface area (Å²) < 4.78 is 20.0. The van der Waals surface area contributed by atoms with Crippen LogP contribution in [-0.2, 0) is 32.7 Å². The molecule has 3 aliphatic rings. The second-order valence-corrected chi connectivity index (χ2v) is 11.8. The van der Waals surface area contributed by atoms with Crippen molar-refractivity contribution in [2.75, 3.05) is 13.2 Å². The van der Waals surface area contributed by atoms with Gasteiger partial charge in [0.15, 0.2) is 0 Å². The smallest absolute Gasteiger partial charge is 0.399 e. The van der Waals surface area contributed by atoms with E-state index in [1.807, 2.05) is 0 Å². The highest BCUT2D eigenvalue weighted by Gasteiger charge is 2.53. The van der Waals surface area contributed by atoms with Crippen molar-refractivity contribution in [3.8, 4) is 11.1 Å². The average Bonchev–Trinajstić information content (AvgIpc) is 3.07. The highest BCUT2D eigenvalue weighted by atomic mass is 79.9. The molecule has 7 heteroatoms. The zero-order valence-electron chi connectivity index (χ0n) is 20.5. The Bertz CT molecular complexity index is 1090. The number of aliphatic hydroxyl groups excluding tert-OH is 2. The monoisotopic (exact) mass is 528 g/mol. The lowest BCUT2D eigenvalue weighted by Gasteiger charge is -2.33. The fourth-order valence-electron chi connectivity index (χ4n) is 5.92. The van der Waals surface area contributed by atoms with Gasteiger partial charge in [0.1, 0.15) is 0 Å². The minimum atomic E-state index is -0.460. The lowest BCUT2D eigenvalue weighted by atomic mass is 9.68. The average molecular weight is 529 g/mol. The summed E-state index contributed by atoms with van der Waals surface area (Å²) in [6.07, 6.45) is 3.01. The standard InChI is InChI=1S/C27H34BBrO5/c1-25(2)26(3,4)34-28(33-25)19-11-17-15-32-16-18-12-20(29)14-22-24(18)23(17)21(13-19)27(22,7-5-9-30)8-6-10-31/h11-14,30-31H,5-10,15-16H2,1-4H3. The van der Waals surface area contributed by atoms with Crippen molar-refractivity contribution in [2.45, 2.75) is 83.2 Å². The Labute approximate surface area is 211 Å². The molecule has 0 spiro atoms. The van der Waals surface area contributed by atoms with E-state index >= 15 is 0 Å². The van der Waals surface area contributed by atoms with Crippen molar-refractivity contribution < 1.29 is 24.3 Å². The van der Waals surface area contributed by atoms with Crippen molar-refractivity contribution in [3.05, 3.63) is 51.0 Å². The van der Waals surface area contributed by atoms with E-state index in [1.54, 1.807) is 0 Å². The summed E-state index contributed by atoms with van der Waals surface area (Å²) in [7, 11) is -0.460. The zero-order valence-corrected chi connectivity index (χ0v) is 22.1. The molecule has 2 aromatic carbocycles. The van der Waals surface area contributed by atoms with Crippen LogP contribution in [0.25, 0.3) is 11.1 Å². The molecule has 0 bridgehead atoms. The van der Waals surface area contributed by atoms with Crippen LogP contribution >= 0.6 is 15.9 Å². The molecule has 34 heavy (non-hydrogen) atoms. The van der Waals surface area contributed by atoms with E-state index in [0.29, 0.717) is 26.1 Å². The predicted molar refractivity (Wildman–Crippen MR) is 137 cm³/mol. The van der Waals surface area contributed by atoms with E-state index in [2.05, 4.69) is 67.9 Å². The van der Waals surface area contributed by atoms with E-state index in [-0.39, 0.29) is 18.6 Å². The maximum atomic E-state index is 9.81. The molecular weight excluding hydrogens is 495 g/mol. The number of hydrogen-bond acceptors (Lipinski definition) is 5. The van der Waals surface area contributed by atoms with Crippen LogP contribution in [-0.4, -0.2) is 41.7 Å². The first-order valence-electron chi connectivity index (χ1n) is 12.3. The van der Waals surface area contributed by atoms with E-state index in [9.17, 15) is 10.2 Å². The van der Waals surface area contributed by atoms with Gasteiger partial charge in [0, 0.05) is 23.1 Å². The van der Waals surface area contributed by atoms with Gasteiger partial charge in [0.2, 0.25) is 0 Å². The van der Waals surface area contributed by atoms with Gasteiger partial charge < -0.3 is 24.3 Å². The Balaban J connectivity index is 1.74. The Morgan fingerprint density at radius 1 is 0.824 bits per heavy atom. The molecular formula is C27H34BBrO5. The number of benzene rings is 2. The molecule has 2 N–H and O–H groups in total. The Kier molecular flexibility index (Phi) is 6.28. The molecule has 182 valence electrons. The topological polar surface area (TPSA) is 68.2 Å². The first kappa shape index (κ1) is 24.5. The SMILES string of the molecule is CC1(C)OB(c2cc3c4c(c2)C(CCCO)(CCCO)c2cc(Br)cc(c2-4)COC3)OC1(C)C. The lowest BCUT2D eigenvalue weighted by Crippen LogP contribution is -2.41. The van der Waals surface area contributed by atoms with E-state index in [1.165, 1.54) is 27.8 Å². The fraction of sp³-hybridized carbons (Fsp3) is 0.556. The Morgan fingerprint density at radius 2 is 1.35 bits per heavy atom. The Morgan fingerprint density at radius 3 is 1.91 bits per heavy atom. The first-order valence-corrected chi connectivity index (χ1v) is 13.1. The normalized spacial score (nSPS) is 21.0. The Hall–Kier alpha value is -1.22. The van der Waals surface area contributed by atoms with Crippen molar-refractivity contribution in [1.29, 1.82) is 0 Å². The van der Waals surface area contributed by atoms with Crippen molar-refractivity contribution in [1.82, 2.24) is 0 Å². The number of aliphatic hydroxyl groups is 2. The molecule has 2 aliphatic heterocycles. The van der Waals surface area contributed by atoms with Crippen LogP contribution in [0.4, 0.5) is 0 Å². The van der Waals surface area contributed by atoms with Gasteiger partial charge in [-0.15, -0.1) is 0 Å². The van der Waals surface area contributed by atoms with E-state index < -0.39 is 18.3 Å². The van der Waals surface area contributed by atoms with Gasteiger partial charge in [0.05, 0.1) is 24.4 Å². The zero-order chi connectivity index (χ0) is 24.3. The highest BCUT2D eigenvalue weighted by molar-refractivity contribution is 9.10. The second-order valence-electron chi connectivity index (χ2n) is 10.9. The molecule has 0 aromatic heterocycles. The van der Waals surface area contributed by atoms with Crippen LogP contribution in [0.1, 0.15) is 75.6 Å². The minimum absolute atomic E-state index is 0.138. The van der Waals surface area contributed by atoms with Gasteiger partial charge in [-0.3, -0.25) is 0 Å². The van der Waals surface area contributed by atoms with Crippen LogP contribution in [0, 0.1) is 0 Å². The molecule has 0 radical (unpaired) electrons.